The average molecular weight is 364 g/mol. The molecule has 1 saturated heterocycles. The maximum Gasteiger partial charge on any atom is 0.272 e. The quantitative estimate of drug-likeness (QED) is 0.664. The largest absolute Gasteiger partial charge is 0.508 e. The number of fused-ring (bicyclic) bond motifs is 1. The average Bonchev–Trinajstić information content (AvgIpc) is 3.29. The Labute approximate surface area is 158 Å². The molecule has 3 aromatic rings. The Kier molecular flexibility index (Phi) is 4.49. The Bertz CT molecular complexity index is 962. The number of H-pyrrole nitrogens is 1. The molecule has 1 amide bonds. The summed E-state index contributed by atoms with van der Waals surface area (Å²) in [5, 5.41) is 13.3. The molecule has 4 rings (SSSR count). The van der Waals surface area contributed by atoms with Gasteiger partial charge in [0, 0.05) is 41.4 Å². The molecule has 6 nitrogen and oxygen atoms in total. The van der Waals surface area contributed by atoms with E-state index in [-0.39, 0.29) is 11.7 Å². The molecule has 0 spiro atoms. The highest BCUT2D eigenvalue weighted by atomic mass is 16.3. The highest BCUT2D eigenvalue weighted by molar-refractivity contribution is 6.06. The van der Waals surface area contributed by atoms with E-state index in [9.17, 15) is 9.90 Å². The molecule has 0 aliphatic carbocycles. The lowest BCUT2D eigenvalue weighted by molar-refractivity contribution is 0.102. The number of phenols is 1. The van der Waals surface area contributed by atoms with E-state index < -0.39 is 0 Å². The summed E-state index contributed by atoms with van der Waals surface area (Å²) in [6.45, 7) is 2.08. The van der Waals surface area contributed by atoms with Crippen molar-refractivity contribution < 1.29 is 9.90 Å². The molecule has 0 saturated carbocycles. The second kappa shape index (κ2) is 6.96. The van der Waals surface area contributed by atoms with Gasteiger partial charge in [0.15, 0.2) is 0 Å². The second-order valence-corrected chi connectivity index (χ2v) is 7.31. The monoisotopic (exact) mass is 364 g/mol. The van der Waals surface area contributed by atoms with Crippen LogP contribution in [0.5, 0.6) is 5.75 Å². The molecule has 0 radical (unpaired) electrons. The summed E-state index contributed by atoms with van der Waals surface area (Å²) >= 11 is 0. The SMILES string of the molecule is CN(C)C1CCN(c2ccc(NC(=O)c3cc4cc(O)ccc4[nH]3)cc2)C1. The number of carbonyl (C=O) groups is 1. The third-order valence-electron chi connectivity index (χ3n) is 5.23. The summed E-state index contributed by atoms with van der Waals surface area (Å²) in [7, 11) is 4.25. The highest BCUT2D eigenvalue weighted by Gasteiger charge is 2.24. The smallest absolute Gasteiger partial charge is 0.272 e. The molecule has 1 aromatic heterocycles. The normalized spacial score (nSPS) is 17.0. The number of amides is 1. The summed E-state index contributed by atoms with van der Waals surface area (Å²) in [5.41, 5.74) is 3.22. The van der Waals surface area contributed by atoms with Crippen molar-refractivity contribution in [2.45, 2.75) is 12.5 Å². The molecular formula is C21H24N4O2. The summed E-state index contributed by atoms with van der Waals surface area (Å²) in [6, 6.07) is 15.3. The minimum Gasteiger partial charge on any atom is -0.508 e. The number of carbonyl (C=O) groups excluding carboxylic acids is 1. The van der Waals surface area contributed by atoms with E-state index in [4.69, 9.17) is 0 Å². The van der Waals surface area contributed by atoms with Crippen molar-refractivity contribution in [3.05, 3.63) is 54.2 Å². The summed E-state index contributed by atoms with van der Waals surface area (Å²) in [5.74, 6) is -0.0188. The van der Waals surface area contributed by atoms with Crippen LogP contribution in [0.3, 0.4) is 0 Å². The topological polar surface area (TPSA) is 71.6 Å². The number of phenolic OH excluding ortho intramolecular Hbond substituents is 1. The molecule has 6 heteroatoms. The lowest BCUT2D eigenvalue weighted by atomic mass is 10.2. The van der Waals surface area contributed by atoms with Crippen LogP contribution in [-0.4, -0.2) is 54.1 Å². The fourth-order valence-electron chi connectivity index (χ4n) is 3.59. The number of hydrogen-bond donors (Lipinski definition) is 3. The molecule has 3 N–H and O–H groups in total. The predicted molar refractivity (Wildman–Crippen MR) is 109 cm³/mol. The number of aromatic nitrogens is 1. The van der Waals surface area contributed by atoms with Gasteiger partial charge in [-0.3, -0.25) is 4.79 Å². The Hall–Kier alpha value is -2.99. The van der Waals surface area contributed by atoms with Crippen molar-refractivity contribution in [3.63, 3.8) is 0 Å². The van der Waals surface area contributed by atoms with Crippen LogP contribution in [0.2, 0.25) is 0 Å². The highest BCUT2D eigenvalue weighted by Crippen LogP contribution is 2.25. The number of nitrogens with zero attached hydrogens (tertiary/aromatic N) is 2. The Morgan fingerprint density at radius 3 is 2.67 bits per heavy atom. The van der Waals surface area contributed by atoms with Crippen molar-refractivity contribution in [1.82, 2.24) is 9.88 Å². The van der Waals surface area contributed by atoms with Crippen molar-refractivity contribution in [3.8, 4) is 5.75 Å². The number of hydrogen-bond acceptors (Lipinski definition) is 4. The lowest BCUT2D eigenvalue weighted by Crippen LogP contribution is -2.31. The zero-order valence-corrected chi connectivity index (χ0v) is 15.6. The number of aromatic amines is 1. The van der Waals surface area contributed by atoms with Crippen LogP contribution in [0, 0.1) is 0 Å². The molecule has 2 aromatic carbocycles. The van der Waals surface area contributed by atoms with Crippen LogP contribution in [0.15, 0.2) is 48.5 Å². The minimum atomic E-state index is -0.202. The van der Waals surface area contributed by atoms with Crippen molar-refractivity contribution in [2.24, 2.45) is 0 Å². The molecule has 1 unspecified atom stereocenters. The first-order valence-electron chi connectivity index (χ1n) is 9.14. The van der Waals surface area contributed by atoms with Gasteiger partial charge in [0.2, 0.25) is 0 Å². The van der Waals surface area contributed by atoms with E-state index in [1.807, 2.05) is 12.1 Å². The molecule has 140 valence electrons. The van der Waals surface area contributed by atoms with Gasteiger partial charge in [-0.15, -0.1) is 0 Å². The van der Waals surface area contributed by atoms with Gasteiger partial charge >= 0.3 is 0 Å². The zero-order chi connectivity index (χ0) is 19.0. The maximum atomic E-state index is 12.5. The van der Waals surface area contributed by atoms with Gasteiger partial charge < -0.3 is 25.2 Å². The van der Waals surface area contributed by atoms with Crippen LogP contribution >= 0.6 is 0 Å². The molecule has 27 heavy (non-hydrogen) atoms. The number of benzene rings is 2. The van der Waals surface area contributed by atoms with E-state index in [1.54, 1.807) is 24.3 Å². The van der Waals surface area contributed by atoms with Crippen LogP contribution in [0.4, 0.5) is 11.4 Å². The molecule has 1 fully saturated rings. The van der Waals surface area contributed by atoms with E-state index in [0.717, 1.165) is 29.7 Å². The van der Waals surface area contributed by atoms with Crippen molar-refractivity contribution >= 4 is 28.2 Å². The summed E-state index contributed by atoms with van der Waals surface area (Å²) < 4.78 is 0. The molecule has 2 heterocycles. The summed E-state index contributed by atoms with van der Waals surface area (Å²) in [4.78, 5) is 20.2. The van der Waals surface area contributed by atoms with Crippen molar-refractivity contribution in [2.75, 3.05) is 37.4 Å². The number of anilines is 2. The molecule has 0 bridgehead atoms. The Morgan fingerprint density at radius 1 is 1.19 bits per heavy atom. The fraction of sp³-hybridized carbons (Fsp3) is 0.286. The van der Waals surface area contributed by atoms with Gasteiger partial charge in [-0.2, -0.15) is 0 Å². The van der Waals surface area contributed by atoms with Gasteiger partial charge in [-0.1, -0.05) is 0 Å². The number of rotatable bonds is 4. The van der Waals surface area contributed by atoms with Crippen LogP contribution in [0.1, 0.15) is 16.9 Å². The standard InChI is InChI=1S/C21H24N4O2/c1-24(2)17-9-10-25(13-17)16-5-3-15(4-6-16)22-21(27)20-12-14-11-18(26)7-8-19(14)23-20/h3-8,11-12,17,23,26H,9-10,13H2,1-2H3,(H,22,27). The lowest BCUT2D eigenvalue weighted by Gasteiger charge is -2.22. The fourth-order valence-corrected chi connectivity index (χ4v) is 3.59. The van der Waals surface area contributed by atoms with E-state index in [0.29, 0.717) is 11.7 Å². The number of nitrogens with one attached hydrogen (secondary N) is 2. The Morgan fingerprint density at radius 2 is 1.96 bits per heavy atom. The van der Waals surface area contributed by atoms with E-state index >= 15 is 0 Å². The third-order valence-corrected chi connectivity index (χ3v) is 5.23. The molecule has 1 atom stereocenters. The third kappa shape index (κ3) is 3.61. The van der Waals surface area contributed by atoms with Crippen molar-refractivity contribution in [1.29, 1.82) is 0 Å². The van der Waals surface area contributed by atoms with Crippen LogP contribution < -0.4 is 10.2 Å². The molecule has 1 aliphatic rings. The first-order chi connectivity index (χ1) is 13.0. The van der Waals surface area contributed by atoms with Gasteiger partial charge in [0.1, 0.15) is 11.4 Å². The molecular weight excluding hydrogens is 340 g/mol. The van der Waals surface area contributed by atoms with Gasteiger partial charge in [-0.05, 0) is 69.0 Å². The first kappa shape index (κ1) is 17.4. The van der Waals surface area contributed by atoms with Gasteiger partial charge in [0.25, 0.3) is 5.91 Å². The van der Waals surface area contributed by atoms with Crippen LogP contribution in [0.25, 0.3) is 10.9 Å². The Balaban J connectivity index is 1.44. The first-order valence-corrected chi connectivity index (χ1v) is 9.14. The molecule has 1 aliphatic heterocycles. The van der Waals surface area contributed by atoms with E-state index in [2.05, 4.69) is 46.3 Å². The van der Waals surface area contributed by atoms with Gasteiger partial charge in [0.05, 0.1) is 0 Å². The van der Waals surface area contributed by atoms with Crippen LogP contribution in [-0.2, 0) is 0 Å². The second-order valence-electron chi connectivity index (χ2n) is 7.31. The zero-order valence-electron chi connectivity index (χ0n) is 15.6. The summed E-state index contributed by atoms with van der Waals surface area (Å²) in [6.07, 6.45) is 1.17. The number of likely N-dealkylation sites (N-methyl/N-ethyl adjacent to an activating group) is 1. The number of aromatic hydroxyl groups is 1. The van der Waals surface area contributed by atoms with Gasteiger partial charge in [-0.25, -0.2) is 0 Å². The predicted octanol–water partition coefficient (Wildman–Crippen LogP) is 3.27. The maximum absolute atomic E-state index is 12.5. The van der Waals surface area contributed by atoms with E-state index in [1.165, 1.54) is 12.1 Å². The minimum absolute atomic E-state index is 0.183.